The first-order valence-electron chi connectivity index (χ1n) is 5.38. The van der Waals surface area contributed by atoms with Crippen molar-refractivity contribution in [1.82, 2.24) is 15.0 Å². The van der Waals surface area contributed by atoms with Crippen molar-refractivity contribution < 1.29 is 0 Å². The predicted molar refractivity (Wildman–Crippen MR) is 75.3 cm³/mol. The minimum Gasteiger partial charge on any atom is -0.372 e. The lowest BCUT2D eigenvalue weighted by atomic mass is 10.3. The monoisotopic (exact) mass is 274 g/mol. The molecule has 0 saturated heterocycles. The highest BCUT2D eigenvalue weighted by Gasteiger charge is 2.06. The summed E-state index contributed by atoms with van der Waals surface area (Å²) >= 11 is 3.21. The Hall–Kier alpha value is -1.66. The number of thiazole rings is 1. The first-order valence-corrected chi connectivity index (χ1v) is 7.02. The van der Waals surface area contributed by atoms with Crippen LogP contribution in [0.25, 0.3) is 10.2 Å². The van der Waals surface area contributed by atoms with Gasteiger partial charge in [-0.2, -0.15) is 0 Å². The Bertz CT molecular complexity index is 647. The fourth-order valence-corrected chi connectivity index (χ4v) is 3.47. The van der Waals surface area contributed by atoms with Crippen molar-refractivity contribution in [2.45, 2.75) is 9.37 Å². The molecule has 0 aliphatic carbocycles. The Kier molecular flexibility index (Phi) is 3.12. The zero-order valence-electron chi connectivity index (χ0n) is 9.62. The van der Waals surface area contributed by atoms with E-state index in [-0.39, 0.29) is 0 Å². The van der Waals surface area contributed by atoms with Gasteiger partial charge in [0.2, 0.25) is 0 Å². The second-order valence-electron chi connectivity index (χ2n) is 3.54. The van der Waals surface area contributed by atoms with Gasteiger partial charge in [-0.05, 0) is 23.9 Å². The van der Waals surface area contributed by atoms with Crippen molar-refractivity contribution in [3.63, 3.8) is 0 Å². The van der Waals surface area contributed by atoms with Gasteiger partial charge in [0, 0.05) is 7.05 Å². The van der Waals surface area contributed by atoms with Gasteiger partial charge in [0.05, 0.1) is 22.6 Å². The fraction of sp³-hybridized carbons (Fsp3) is 0.0833. The number of para-hydroxylation sites is 1. The highest BCUT2D eigenvalue weighted by Crippen LogP contribution is 2.33. The van der Waals surface area contributed by atoms with E-state index in [2.05, 4.69) is 26.3 Å². The maximum Gasteiger partial charge on any atom is 0.157 e. The van der Waals surface area contributed by atoms with Crippen LogP contribution in [0.5, 0.6) is 0 Å². The van der Waals surface area contributed by atoms with Crippen molar-refractivity contribution >= 4 is 39.1 Å². The van der Waals surface area contributed by atoms with Crippen LogP contribution in [0.15, 0.2) is 46.0 Å². The molecule has 0 atom stereocenters. The van der Waals surface area contributed by atoms with Gasteiger partial charge in [0.25, 0.3) is 0 Å². The maximum absolute atomic E-state index is 4.56. The summed E-state index contributed by atoms with van der Waals surface area (Å²) in [6.07, 6.45) is 3.44. The van der Waals surface area contributed by atoms with E-state index in [1.807, 2.05) is 25.2 Å². The minimum atomic E-state index is 0.765. The summed E-state index contributed by atoms with van der Waals surface area (Å²) in [4.78, 5) is 13.1. The van der Waals surface area contributed by atoms with Crippen LogP contribution in [-0.2, 0) is 0 Å². The molecule has 1 N–H and O–H groups in total. The summed E-state index contributed by atoms with van der Waals surface area (Å²) in [6, 6.07) is 8.12. The first kappa shape index (κ1) is 11.4. The number of fused-ring (bicyclic) bond motifs is 1. The Morgan fingerprint density at radius 3 is 2.89 bits per heavy atom. The molecule has 3 aromatic rings. The average molecular weight is 274 g/mol. The number of nitrogens with one attached hydrogen (secondary N) is 1. The van der Waals surface area contributed by atoms with Gasteiger partial charge in [-0.1, -0.05) is 12.1 Å². The predicted octanol–water partition coefficient (Wildman–Crippen LogP) is 3.28. The van der Waals surface area contributed by atoms with Gasteiger partial charge in [0.15, 0.2) is 4.34 Å². The van der Waals surface area contributed by atoms with Crippen LogP contribution >= 0.6 is 23.1 Å². The van der Waals surface area contributed by atoms with E-state index in [1.165, 1.54) is 16.5 Å². The Balaban J connectivity index is 1.91. The van der Waals surface area contributed by atoms with Crippen LogP contribution in [0, 0.1) is 0 Å². The molecule has 0 fully saturated rings. The third-order valence-electron chi connectivity index (χ3n) is 2.33. The number of aromatic nitrogens is 3. The van der Waals surface area contributed by atoms with Crippen molar-refractivity contribution in [1.29, 1.82) is 0 Å². The molecule has 18 heavy (non-hydrogen) atoms. The summed E-state index contributed by atoms with van der Waals surface area (Å²) in [5.41, 5.74) is 1.03. The van der Waals surface area contributed by atoms with E-state index >= 15 is 0 Å². The van der Waals surface area contributed by atoms with Gasteiger partial charge < -0.3 is 5.32 Å². The standard InChI is InChI=1S/C12H10N4S2/c1-13-10-6-14-7-11(16-10)18-12-15-8-4-2-3-5-9(8)17-12/h2-7H,1H3,(H,13,16). The van der Waals surface area contributed by atoms with Crippen LogP contribution in [-0.4, -0.2) is 22.0 Å². The highest BCUT2D eigenvalue weighted by atomic mass is 32.2. The molecular formula is C12H10N4S2. The number of anilines is 1. The summed E-state index contributed by atoms with van der Waals surface area (Å²) in [5.74, 6) is 0.765. The smallest absolute Gasteiger partial charge is 0.157 e. The Labute approximate surface area is 113 Å². The molecule has 3 rings (SSSR count). The summed E-state index contributed by atoms with van der Waals surface area (Å²) in [5, 5.41) is 3.82. The second-order valence-corrected chi connectivity index (χ2v) is 5.84. The van der Waals surface area contributed by atoms with Crippen LogP contribution < -0.4 is 5.32 Å². The molecule has 0 radical (unpaired) electrons. The lowest BCUT2D eigenvalue weighted by molar-refractivity contribution is 1.05. The first-order chi connectivity index (χ1) is 8.85. The van der Waals surface area contributed by atoms with E-state index in [0.29, 0.717) is 0 Å². The Morgan fingerprint density at radius 2 is 2.06 bits per heavy atom. The molecule has 1 aromatic carbocycles. The Morgan fingerprint density at radius 1 is 1.17 bits per heavy atom. The van der Waals surface area contributed by atoms with Crippen LogP contribution in [0.3, 0.4) is 0 Å². The third kappa shape index (κ3) is 2.30. The number of hydrogen-bond acceptors (Lipinski definition) is 6. The SMILES string of the molecule is CNc1cncc(Sc2nc3ccccc3s2)n1. The van der Waals surface area contributed by atoms with E-state index < -0.39 is 0 Å². The number of benzene rings is 1. The zero-order valence-corrected chi connectivity index (χ0v) is 11.3. The summed E-state index contributed by atoms with van der Waals surface area (Å²) in [6.45, 7) is 0. The van der Waals surface area contributed by atoms with E-state index in [4.69, 9.17) is 0 Å². The molecule has 2 heterocycles. The highest BCUT2D eigenvalue weighted by molar-refractivity contribution is 8.01. The van der Waals surface area contributed by atoms with Crippen molar-refractivity contribution in [3.8, 4) is 0 Å². The van der Waals surface area contributed by atoms with Gasteiger partial charge in [0.1, 0.15) is 10.8 Å². The molecule has 0 aliphatic heterocycles. The molecule has 4 nitrogen and oxygen atoms in total. The lowest BCUT2D eigenvalue weighted by Gasteiger charge is -2.00. The summed E-state index contributed by atoms with van der Waals surface area (Å²) < 4.78 is 2.18. The average Bonchev–Trinajstić information content (AvgIpc) is 2.81. The van der Waals surface area contributed by atoms with E-state index in [9.17, 15) is 0 Å². The fourth-order valence-electron chi connectivity index (χ4n) is 1.50. The van der Waals surface area contributed by atoms with Gasteiger partial charge in [-0.15, -0.1) is 11.3 Å². The third-order valence-corrected chi connectivity index (χ3v) is 4.34. The van der Waals surface area contributed by atoms with Gasteiger partial charge in [-0.25, -0.2) is 9.97 Å². The van der Waals surface area contributed by atoms with Gasteiger partial charge >= 0.3 is 0 Å². The number of rotatable bonds is 3. The summed E-state index contributed by atoms with van der Waals surface area (Å²) in [7, 11) is 1.83. The molecule has 0 saturated carbocycles. The second kappa shape index (κ2) is 4.91. The zero-order chi connectivity index (χ0) is 12.4. The molecule has 90 valence electrons. The number of hydrogen-bond donors (Lipinski definition) is 1. The molecule has 0 aliphatic rings. The van der Waals surface area contributed by atoms with Crippen LogP contribution in [0.4, 0.5) is 5.82 Å². The van der Waals surface area contributed by atoms with Crippen molar-refractivity contribution in [2.24, 2.45) is 0 Å². The van der Waals surface area contributed by atoms with E-state index in [0.717, 1.165) is 20.7 Å². The minimum absolute atomic E-state index is 0.765. The maximum atomic E-state index is 4.56. The molecule has 6 heteroatoms. The normalized spacial score (nSPS) is 10.7. The lowest BCUT2D eigenvalue weighted by Crippen LogP contribution is -1.93. The molecular weight excluding hydrogens is 264 g/mol. The molecule has 0 spiro atoms. The largest absolute Gasteiger partial charge is 0.372 e. The van der Waals surface area contributed by atoms with Crippen molar-refractivity contribution in [2.75, 3.05) is 12.4 Å². The topological polar surface area (TPSA) is 50.7 Å². The van der Waals surface area contributed by atoms with Crippen LogP contribution in [0.1, 0.15) is 0 Å². The molecule has 2 aromatic heterocycles. The molecule has 0 unspecified atom stereocenters. The van der Waals surface area contributed by atoms with Gasteiger partial charge in [-0.3, -0.25) is 4.98 Å². The molecule has 0 amide bonds. The quantitative estimate of drug-likeness (QED) is 0.794. The van der Waals surface area contributed by atoms with Crippen LogP contribution in [0.2, 0.25) is 0 Å². The van der Waals surface area contributed by atoms with Crippen molar-refractivity contribution in [3.05, 3.63) is 36.7 Å². The van der Waals surface area contributed by atoms with E-state index in [1.54, 1.807) is 23.7 Å². The number of nitrogens with zero attached hydrogens (tertiary/aromatic N) is 3. The molecule has 0 bridgehead atoms.